The second kappa shape index (κ2) is 7.68. The summed E-state index contributed by atoms with van der Waals surface area (Å²) in [5.74, 6) is 0.557. The molecule has 4 heteroatoms. The number of halogens is 1. The SMILES string of the molecule is CC(C)N=C(c1ccccc1)N(O)c1ccccc1.Cl. The molecule has 0 atom stereocenters. The smallest absolute Gasteiger partial charge is 0.160 e. The number of anilines is 1. The van der Waals surface area contributed by atoms with Gasteiger partial charge >= 0.3 is 0 Å². The van der Waals surface area contributed by atoms with Gasteiger partial charge in [0.2, 0.25) is 0 Å². The lowest BCUT2D eigenvalue weighted by Crippen LogP contribution is -2.29. The third kappa shape index (κ3) is 4.08. The Hall–Kier alpha value is -1.84. The van der Waals surface area contributed by atoms with E-state index in [4.69, 9.17) is 0 Å². The minimum Gasteiger partial charge on any atom is -0.282 e. The van der Waals surface area contributed by atoms with Gasteiger partial charge in [-0.1, -0.05) is 48.5 Å². The van der Waals surface area contributed by atoms with Crippen LogP contribution in [0.3, 0.4) is 0 Å². The topological polar surface area (TPSA) is 35.8 Å². The molecule has 2 aromatic rings. The van der Waals surface area contributed by atoms with Gasteiger partial charge in [-0.15, -0.1) is 12.4 Å². The van der Waals surface area contributed by atoms with Crippen LogP contribution in [0, 0.1) is 0 Å². The fourth-order valence-corrected chi connectivity index (χ4v) is 1.77. The van der Waals surface area contributed by atoms with Gasteiger partial charge in [0.1, 0.15) is 0 Å². The Morgan fingerprint density at radius 1 is 0.950 bits per heavy atom. The lowest BCUT2D eigenvalue weighted by molar-refractivity contribution is 0.312. The minimum absolute atomic E-state index is 0. The van der Waals surface area contributed by atoms with Crippen molar-refractivity contribution >= 4 is 23.9 Å². The largest absolute Gasteiger partial charge is 0.282 e. The lowest BCUT2D eigenvalue weighted by atomic mass is 10.2. The summed E-state index contributed by atoms with van der Waals surface area (Å²) in [6.45, 7) is 3.98. The number of hydrogen-bond donors (Lipinski definition) is 1. The molecule has 0 aliphatic rings. The molecule has 2 rings (SSSR count). The molecule has 106 valence electrons. The van der Waals surface area contributed by atoms with E-state index in [1.807, 2.05) is 74.5 Å². The van der Waals surface area contributed by atoms with Crippen molar-refractivity contribution in [1.82, 2.24) is 0 Å². The van der Waals surface area contributed by atoms with Gasteiger partial charge in [0.15, 0.2) is 5.84 Å². The number of para-hydroxylation sites is 1. The van der Waals surface area contributed by atoms with E-state index in [9.17, 15) is 5.21 Å². The van der Waals surface area contributed by atoms with Crippen LogP contribution in [0.2, 0.25) is 0 Å². The van der Waals surface area contributed by atoms with E-state index in [1.54, 1.807) is 0 Å². The molecule has 0 aliphatic heterocycles. The van der Waals surface area contributed by atoms with E-state index in [1.165, 1.54) is 0 Å². The van der Waals surface area contributed by atoms with Crippen LogP contribution in [0.25, 0.3) is 0 Å². The maximum Gasteiger partial charge on any atom is 0.160 e. The van der Waals surface area contributed by atoms with Crippen LogP contribution in [0.15, 0.2) is 65.7 Å². The zero-order valence-electron chi connectivity index (χ0n) is 11.6. The molecule has 0 spiro atoms. The molecule has 20 heavy (non-hydrogen) atoms. The highest BCUT2D eigenvalue weighted by atomic mass is 35.5. The molecule has 0 unspecified atom stereocenters. The summed E-state index contributed by atoms with van der Waals surface area (Å²) < 4.78 is 0. The first-order chi connectivity index (χ1) is 9.18. The quantitative estimate of drug-likeness (QED) is 0.523. The van der Waals surface area contributed by atoms with E-state index >= 15 is 0 Å². The zero-order chi connectivity index (χ0) is 13.7. The van der Waals surface area contributed by atoms with E-state index < -0.39 is 0 Å². The minimum atomic E-state index is 0. The van der Waals surface area contributed by atoms with Gasteiger partial charge < -0.3 is 0 Å². The van der Waals surface area contributed by atoms with Gasteiger partial charge in [-0.05, 0) is 26.0 Å². The Labute approximate surface area is 126 Å². The number of benzene rings is 2. The number of amidine groups is 1. The lowest BCUT2D eigenvalue weighted by Gasteiger charge is -2.20. The first kappa shape index (κ1) is 16.2. The normalized spacial score (nSPS) is 11.1. The average Bonchev–Trinajstić information content (AvgIpc) is 2.46. The average molecular weight is 291 g/mol. The molecule has 0 bridgehead atoms. The van der Waals surface area contributed by atoms with E-state index in [0.29, 0.717) is 11.5 Å². The van der Waals surface area contributed by atoms with E-state index in [2.05, 4.69) is 4.99 Å². The van der Waals surface area contributed by atoms with Crippen molar-refractivity contribution in [3.05, 3.63) is 66.2 Å². The van der Waals surface area contributed by atoms with Gasteiger partial charge in [-0.25, -0.2) is 5.06 Å². The van der Waals surface area contributed by atoms with Crippen LogP contribution in [-0.2, 0) is 0 Å². The monoisotopic (exact) mass is 290 g/mol. The van der Waals surface area contributed by atoms with Crippen LogP contribution < -0.4 is 5.06 Å². The predicted octanol–water partition coefficient (Wildman–Crippen LogP) is 4.16. The highest BCUT2D eigenvalue weighted by molar-refractivity contribution is 6.08. The van der Waals surface area contributed by atoms with Crippen molar-refractivity contribution in [2.24, 2.45) is 4.99 Å². The summed E-state index contributed by atoms with van der Waals surface area (Å²) in [5.41, 5.74) is 1.59. The van der Waals surface area contributed by atoms with Crippen molar-refractivity contribution < 1.29 is 5.21 Å². The van der Waals surface area contributed by atoms with Gasteiger partial charge in [0, 0.05) is 11.6 Å². The maximum absolute atomic E-state index is 10.4. The fraction of sp³-hybridized carbons (Fsp3) is 0.188. The number of hydroxylamine groups is 1. The summed E-state index contributed by atoms with van der Waals surface area (Å²) in [6.07, 6.45) is 0. The number of rotatable bonds is 3. The molecule has 0 fully saturated rings. The summed E-state index contributed by atoms with van der Waals surface area (Å²) in [6, 6.07) is 19.2. The van der Waals surface area contributed by atoms with Crippen LogP contribution in [0.1, 0.15) is 19.4 Å². The van der Waals surface area contributed by atoms with E-state index in [-0.39, 0.29) is 18.4 Å². The zero-order valence-corrected chi connectivity index (χ0v) is 12.4. The van der Waals surface area contributed by atoms with Gasteiger partial charge in [0.05, 0.1) is 5.69 Å². The molecule has 0 saturated carbocycles. The second-order valence-corrected chi connectivity index (χ2v) is 4.56. The molecule has 0 aromatic heterocycles. The number of aliphatic imine (C=N–C) groups is 1. The van der Waals surface area contributed by atoms with E-state index in [0.717, 1.165) is 10.6 Å². The van der Waals surface area contributed by atoms with Crippen molar-refractivity contribution in [3.63, 3.8) is 0 Å². The summed E-state index contributed by atoms with van der Waals surface area (Å²) in [7, 11) is 0. The highest BCUT2D eigenvalue weighted by Gasteiger charge is 2.13. The van der Waals surface area contributed by atoms with Gasteiger partial charge in [-0.2, -0.15) is 0 Å². The summed E-state index contributed by atoms with van der Waals surface area (Å²) in [4.78, 5) is 4.52. The van der Waals surface area contributed by atoms with Gasteiger partial charge in [0.25, 0.3) is 0 Å². The molecule has 3 nitrogen and oxygen atoms in total. The Balaban J connectivity index is 0.00000200. The fourth-order valence-electron chi connectivity index (χ4n) is 1.77. The van der Waals surface area contributed by atoms with Crippen molar-refractivity contribution in [2.45, 2.75) is 19.9 Å². The second-order valence-electron chi connectivity index (χ2n) is 4.56. The summed E-state index contributed by atoms with van der Waals surface area (Å²) >= 11 is 0. The maximum atomic E-state index is 10.4. The molecular weight excluding hydrogens is 272 g/mol. The first-order valence-electron chi connectivity index (χ1n) is 6.36. The van der Waals surface area contributed by atoms with Crippen molar-refractivity contribution in [3.8, 4) is 0 Å². The Morgan fingerprint density at radius 3 is 1.95 bits per heavy atom. The molecule has 0 saturated heterocycles. The Morgan fingerprint density at radius 2 is 1.45 bits per heavy atom. The van der Waals surface area contributed by atoms with Crippen LogP contribution >= 0.6 is 12.4 Å². The molecule has 0 amide bonds. The molecule has 2 aromatic carbocycles. The highest BCUT2D eigenvalue weighted by Crippen LogP contribution is 2.16. The number of nitrogens with zero attached hydrogens (tertiary/aromatic N) is 2. The standard InChI is InChI=1S/C16H18N2O.ClH/c1-13(2)17-16(14-9-5-3-6-10-14)18(19)15-11-7-4-8-12-15;/h3-13,19H,1-2H3;1H. The van der Waals surface area contributed by atoms with Gasteiger partial charge in [-0.3, -0.25) is 10.2 Å². The van der Waals surface area contributed by atoms with Crippen LogP contribution in [0.4, 0.5) is 5.69 Å². The van der Waals surface area contributed by atoms with Crippen molar-refractivity contribution in [1.29, 1.82) is 0 Å². The summed E-state index contributed by atoms with van der Waals surface area (Å²) in [5, 5.41) is 11.5. The molecular formula is C16H19ClN2O. The Bertz CT molecular complexity index is 541. The first-order valence-corrected chi connectivity index (χ1v) is 6.36. The molecule has 0 radical (unpaired) electrons. The third-order valence-corrected chi connectivity index (χ3v) is 2.61. The van der Waals surface area contributed by atoms with Crippen LogP contribution in [-0.4, -0.2) is 17.1 Å². The van der Waals surface area contributed by atoms with Crippen LogP contribution in [0.5, 0.6) is 0 Å². The molecule has 1 N–H and O–H groups in total. The van der Waals surface area contributed by atoms with Crippen molar-refractivity contribution in [2.75, 3.05) is 5.06 Å². The third-order valence-electron chi connectivity index (χ3n) is 2.61. The number of hydrogen-bond acceptors (Lipinski definition) is 2. The molecule has 0 aliphatic carbocycles. The Kier molecular flexibility index (Phi) is 6.22. The predicted molar refractivity (Wildman–Crippen MR) is 86.1 cm³/mol. The molecule has 0 heterocycles.